The molecule has 0 saturated heterocycles. The fourth-order valence-electron chi connectivity index (χ4n) is 10.0. The standard InChI is InChI=1S/C59H39NS/c1-3-20-44(21-4-1)59(45-22-5-2-6-23-45)55-30-11-9-27-51(55)52-34-33-48(39-56(52)59)60(47-25-14-19-43(37-47)50-29-15-17-40-16-7-8-26-49(40)50)46-24-13-18-41(36-46)42-32-35-58-54(38-42)53-28-10-12-31-57(53)61-58/h1-39H. The minimum atomic E-state index is -0.512. The molecule has 1 aromatic heterocycles. The Morgan fingerprint density at radius 3 is 1.67 bits per heavy atom. The van der Waals surface area contributed by atoms with Crippen molar-refractivity contribution in [3.8, 4) is 33.4 Å². The third kappa shape index (κ3) is 5.68. The van der Waals surface area contributed by atoms with Crippen molar-refractivity contribution >= 4 is 59.3 Å². The van der Waals surface area contributed by atoms with Crippen molar-refractivity contribution in [3.63, 3.8) is 0 Å². The first-order chi connectivity index (χ1) is 30.2. The maximum Gasteiger partial charge on any atom is 0.0714 e. The first-order valence-corrected chi connectivity index (χ1v) is 21.8. The maximum atomic E-state index is 2.47. The lowest BCUT2D eigenvalue weighted by Crippen LogP contribution is -2.28. The highest BCUT2D eigenvalue weighted by atomic mass is 32.1. The first-order valence-electron chi connectivity index (χ1n) is 21.0. The number of hydrogen-bond acceptors (Lipinski definition) is 2. The molecule has 10 aromatic carbocycles. The van der Waals surface area contributed by atoms with E-state index >= 15 is 0 Å². The van der Waals surface area contributed by atoms with Gasteiger partial charge in [0.05, 0.1) is 5.41 Å². The van der Waals surface area contributed by atoms with Crippen molar-refractivity contribution in [2.45, 2.75) is 5.41 Å². The summed E-state index contributed by atoms with van der Waals surface area (Å²) in [6.07, 6.45) is 0. The molecule has 61 heavy (non-hydrogen) atoms. The predicted octanol–water partition coefficient (Wildman–Crippen LogP) is 16.4. The van der Waals surface area contributed by atoms with E-state index in [4.69, 9.17) is 0 Å². The van der Waals surface area contributed by atoms with Gasteiger partial charge in [-0.2, -0.15) is 0 Å². The van der Waals surface area contributed by atoms with Gasteiger partial charge in [-0.1, -0.05) is 182 Å². The van der Waals surface area contributed by atoms with Crippen molar-refractivity contribution in [3.05, 3.63) is 259 Å². The summed E-state index contributed by atoms with van der Waals surface area (Å²) in [5, 5.41) is 5.10. The molecule has 0 fully saturated rings. The highest BCUT2D eigenvalue weighted by Crippen LogP contribution is 2.57. The summed E-state index contributed by atoms with van der Waals surface area (Å²) < 4.78 is 2.63. The fourth-order valence-corrected chi connectivity index (χ4v) is 11.1. The van der Waals surface area contributed by atoms with Gasteiger partial charge in [0.15, 0.2) is 0 Å². The van der Waals surface area contributed by atoms with Crippen molar-refractivity contribution in [1.82, 2.24) is 0 Å². The molecule has 1 heterocycles. The summed E-state index contributed by atoms with van der Waals surface area (Å²) in [6.45, 7) is 0. The average molecular weight is 794 g/mol. The number of benzene rings is 10. The number of fused-ring (bicyclic) bond motifs is 7. The van der Waals surface area contributed by atoms with Crippen LogP contribution in [0.2, 0.25) is 0 Å². The summed E-state index contributed by atoms with van der Waals surface area (Å²) in [5.74, 6) is 0. The van der Waals surface area contributed by atoms with Crippen molar-refractivity contribution in [1.29, 1.82) is 0 Å². The van der Waals surface area contributed by atoms with Crippen LogP contribution < -0.4 is 4.90 Å². The zero-order valence-corrected chi connectivity index (χ0v) is 34.2. The van der Waals surface area contributed by atoms with Crippen LogP contribution in [-0.4, -0.2) is 0 Å². The second kappa shape index (κ2) is 14.3. The van der Waals surface area contributed by atoms with Gasteiger partial charge in [-0.25, -0.2) is 0 Å². The van der Waals surface area contributed by atoms with E-state index in [-0.39, 0.29) is 0 Å². The zero-order chi connectivity index (χ0) is 40.3. The van der Waals surface area contributed by atoms with Crippen molar-refractivity contribution in [2.75, 3.05) is 4.90 Å². The maximum absolute atomic E-state index is 2.47. The van der Waals surface area contributed by atoms with Crippen LogP contribution in [-0.2, 0) is 5.41 Å². The van der Waals surface area contributed by atoms with Gasteiger partial charge in [-0.3, -0.25) is 0 Å². The SMILES string of the molecule is c1ccc(C2(c3ccccc3)c3ccccc3-c3ccc(N(c4cccc(-c5ccc6sc7ccccc7c6c5)c4)c4cccc(-c5cccc6ccccc56)c4)cc32)cc1. The normalized spacial score (nSPS) is 12.7. The summed E-state index contributed by atoms with van der Waals surface area (Å²) >= 11 is 1.86. The Morgan fingerprint density at radius 2 is 0.869 bits per heavy atom. The van der Waals surface area contributed by atoms with Crippen LogP contribution in [0, 0.1) is 0 Å². The van der Waals surface area contributed by atoms with Gasteiger partial charge >= 0.3 is 0 Å². The first kappa shape index (κ1) is 35.4. The van der Waals surface area contributed by atoms with E-state index in [0.717, 1.165) is 17.1 Å². The van der Waals surface area contributed by atoms with Crippen LogP contribution in [0.4, 0.5) is 17.1 Å². The third-order valence-electron chi connectivity index (χ3n) is 12.7. The summed E-state index contributed by atoms with van der Waals surface area (Å²) in [6, 6.07) is 87.5. The van der Waals surface area contributed by atoms with E-state index in [1.165, 1.54) is 86.6 Å². The van der Waals surface area contributed by atoms with Crippen LogP contribution in [0.1, 0.15) is 22.3 Å². The van der Waals surface area contributed by atoms with Gasteiger partial charge in [0.1, 0.15) is 0 Å². The average Bonchev–Trinajstić information content (AvgIpc) is 3.85. The Hall–Kier alpha value is -7.52. The van der Waals surface area contributed by atoms with Gasteiger partial charge in [-0.05, 0) is 121 Å². The predicted molar refractivity (Wildman–Crippen MR) is 260 cm³/mol. The smallest absolute Gasteiger partial charge is 0.0714 e. The Labute approximate surface area is 360 Å². The van der Waals surface area contributed by atoms with Crippen LogP contribution in [0.15, 0.2) is 237 Å². The lowest BCUT2D eigenvalue weighted by atomic mass is 9.67. The van der Waals surface area contributed by atoms with Crippen LogP contribution in [0.25, 0.3) is 64.3 Å². The fraction of sp³-hybridized carbons (Fsp3) is 0.0169. The molecule has 0 bridgehead atoms. The molecule has 0 atom stereocenters. The molecule has 0 spiro atoms. The van der Waals surface area contributed by atoms with Crippen molar-refractivity contribution in [2.24, 2.45) is 0 Å². The molecule has 11 aromatic rings. The largest absolute Gasteiger partial charge is 0.310 e. The number of thiophene rings is 1. The van der Waals surface area contributed by atoms with Crippen LogP contribution in [0.5, 0.6) is 0 Å². The summed E-state index contributed by atoms with van der Waals surface area (Å²) in [5.41, 5.74) is 15.2. The van der Waals surface area contributed by atoms with Gasteiger partial charge in [-0.15, -0.1) is 11.3 Å². The topological polar surface area (TPSA) is 3.24 Å². The minimum absolute atomic E-state index is 0.512. The molecule has 1 nitrogen and oxygen atoms in total. The van der Waals surface area contributed by atoms with E-state index in [1.807, 2.05) is 11.3 Å². The quantitative estimate of drug-likeness (QED) is 0.155. The number of hydrogen-bond donors (Lipinski definition) is 0. The summed E-state index contributed by atoms with van der Waals surface area (Å²) in [4.78, 5) is 2.46. The molecule has 0 N–H and O–H groups in total. The molecular formula is C59H39NS. The molecule has 0 saturated carbocycles. The second-order valence-electron chi connectivity index (χ2n) is 16.0. The Kier molecular flexibility index (Phi) is 8.33. The second-order valence-corrected chi connectivity index (χ2v) is 17.1. The molecule has 1 aliphatic carbocycles. The van der Waals surface area contributed by atoms with Crippen molar-refractivity contribution < 1.29 is 0 Å². The Balaban J connectivity index is 1.09. The Morgan fingerprint density at radius 1 is 0.311 bits per heavy atom. The molecule has 0 radical (unpaired) electrons. The van der Waals surface area contributed by atoms with E-state index in [1.54, 1.807) is 0 Å². The van der Waals surface area contributed by atoms with E-state index in [2.05, 4.69) is 241 Å². The molecule has 0 unspecified atom stereocenters. The monoisotopic (exact) mass is 793 g/mol. The Bertz CT molecular complexity index is 3390. The number of nitrogens with zero attached hydrogens (tertiary/aromatic N) is 1. The number of rotatable bonds is 7. The van der Waals surface area contributed by atoms with E-state index in [0.29, 0.717) is 0 Å². The van der Waals surface area contributed by atoms with Gasteiger partial charge in [0.25, 0.3) is 0 Å². The summed E-state index contributed by atoms with van der Waals surface area (Å²) in [7, 11) is 0. The zero-order valence-electron chi connectivity index (χ0n) is 33.4. The third-order valence-corrected chi connectivity index (χ3v) is 13.9. The van der Waals surface area contributed by atoms with Gasteiger partial charge in [0.2, 0.25) is 0 Å². The minimum Gasteiger partial charge on any atom is -0.310 e. The van der Waals surface area contributed by atoms with Crippen LogP contribution >= 0.6 is 11.3 Å². The number of anilines is 3. The molecule has 2 heteroatoms. The highest BCUT2D eigenvalue weighted by molar-refractivity contribution is 7.25. The van der Waals surface area contributed by atoms with E-state index in [9.17, 15) is 0 Å². The lowest BCUT2D eigenvalue weighted by Gasteiger charge is -2.35. The molecule has 286 valence electrons. The molecule has 12 rings (SSSR count). The van der Waals surface area contributed by atoms with Gasteiger partial charge in [0, 0.05) is 37.2 Å². The van der Waals surface area contributed by atoms with Crippen LogP contribution in [0.3, 0.4) is 0 Å². The molecular weight excluding hydrogens is 755 g/mol. The van der Waals surface area contributed by atoms with Gasteiger partial charge < -0.3 is 4.90 Å². The molecule has 0 aliphatic heterocycles. The molecule has 1 aliphatic rings. The highest BCUT2D eigenvalue weighted by Gasteiger charge is 2.46. The molecule has 0 amide bonds. The van der Waals surface area contributed by atoms with E-state index < -0.39 is 5.41 Å². The lowest BCUT2D eigenvalue weighted by molar-refractivity contribution is 0.768.